The van der Waals surface area contributed by atoms with Crippen LogP contribution < -0.4 is 10.2 Å². The van der Waals surface area contributed by atoms with Crippen LogP contribution in [0, 0.1) is 12.8 Å². The summed E-state index contributed by atoms with van der Waals surface area (Å²) in [7, 11) is 0. The van der Waals surface area contributed by atoms with Crippen LogP contribution in [0.4, 0.5) is 0 Å². The zero-order valence-corrected chi connectivity index (χ0v) is 14.7. The van der Waals surface area contributed by atoms with Gasteiger partial charge in [-0.05, 0) is 49.7 Å². The zero-order chi connectivity index (χ0) is 16.7. The second kappa shape index (κ2) is 5.88. The Balaban J connectivity index is 1.39. The number of rotatable bonds is 4. The number of carbonyl (C=O) groups is 1. The van der Waals surface area contributed by atoms with Crippen LogP contribution in [-0.2, 0) is 23.2 Å². The van der Waals surface area contributed by atoms with E-state index in [1.165, 1.54) is 36.8 Å². The maximum Gasteiger partial charge on any atom is 0.307 e. The van der Waals surface area contributed by atoms with E-state index in [0.717, 1.165) is 17.0 Å². The lowest BCUT2D eigenvalue weighted by Crippen LogP contribution is -2.33. The van der Waals surface area contributed by atoms with Crippen molar-refractivity contribution in [2.45, 2.75) is 44.6 Å². The molecule has 0 radical (unpaired) electrons. The molecule has 1 heterocycles. The third-order valence-corrected chi connectivity index (χ3v) is 6.56. The molecule has 1 saturated carbocycles. The summed E-state index contributed by atoms with van der Waals surface area (Å²) in [6, 6.07) is 8.77. The largest absolute Gasteiger partial charge is 0.354 e. The van der Waals surface area contributed by atoms with Gasteiger partial charge in [0.1, 0.15) is 6.54 Å². The van der Waals surface area contributed by atoms with Crippen molar-refractivity contribution >= 4 is 17.2 Å². The summed E-state index contributed by atoms with van der Waals surface area (Å²) < 4.78 is 1.54. The summed E-state index contributed by atoms with van der Waals surface area (Å²) in [6.45, 7) is 2.70. The maximum absolute atomic E-state index is 12.2. The Hall–Kier alpha value is -1.88. The summed E-state index contributed by atoms with van der Waals surface area (Å²) in [5.41, 5.74) is 4.12. The van der Waals surface area contributed by atoms with E-state index < -0.39 is 0 Å². The molecular weight excluding hydrogens is 320 g/mol. The molecule has 0 saturated heterocycles. The Bertz CT molecular complexity index is 838. The summed E-state index contributed by atoms with van der Waals surface area (Å²) in [4.78, 5) is 23.8. The van der Waals surface area contributed by atoms with E-state index in [1.807, 2.05) is 6.92 Å². The third-order valence-electron chi connectivity index (χ3n) is 5.68. The normalized spacial score (nSPS) is 24.6. The van der Waals surface area contributed by atoms with Crippen LogP contribution in [0.2, 0.25) is 0 Å². The molecule has 2 aromatic rings. The molecule has 0 bridgehead atoms. The molecule has 24 heavy (non-hydrogen) atoms. The van der Waals surface area contributed by atoms with Gasteiger partial charge in [-0.2, -0.15) is 0 Å². The van der Waals surface area contributed by atoms with Crippen LogP contribution in [0.3, 0.4) is 0 Å². The molecule has 1 spiro atoms. The minimum absolute atomic E-state index is 0.0632. The number of aryl methyl sites for hydroxylation is 2. The SMILES string of the molecule is Cc1csc(=O)n1CC(=O)NC[C@@H]1C[C@]12CCCc1ccccc12. The molecule has 1 N–H and O–H groups in total. The fraction of sp³-hybridized carbons (Fsp3) is 0.474. The topological polar surface area (TPSA) is 51.1 Å². The molecule has 2 aliphatic rings. The highest BCUT2D eigenvalue weighted by molar-refractivity contribution is 7.07. The lowest BCUT2D eigenvalue weighted by molar-refractivity contribution is -0.121. The number of carbonyl (C=O) groups excluding carboxylic acids is 1. The first-order valence-electron chi connectivity index (χ1n) is 8.60. The van der Waals surface area contributed by atoms with Gasteiger partial charge in [0, 0.05) is 23.0 Å². The lowest BCUT2D eigenvalue weighted by atomic mass is 9.78. The summed E-state index contributed by atoms with van der Waals surface area (Å²) >= 11 is 1.15. The second-order valence-corrected chi connectivity index (χ2v) is 7.92. The van der Waals surface area contributed by atoms with Crippen molar-refractivity contribution in [2.75, 3.05) is 6.54 Å². The monoisotopic (exact) mass is 342 g/mol. The number of nitrogens with zero attached hydrogens (tertiary/aromatic N) is 1. The molecule has 1 aromatic carbocycles. The molecule has 0 unspecified atom stereocenters. The highest BCUT2D eigenvalue weighted by atomic mass is 32.1. The molecule has 5 heteroatoms. The Morgan fingerprint density at radius 2 is 2.25 bits per heavy atom. The zero-order valence-electron chi connectivity index (χ0n) is 13.9. The van der Waals surface area contributed by atoms with Gasteiger partial charge in [0.15, 0.2) is 0 Å². The van der Waals surface area contributed by atoms with Gasteiger partial charge >= 0.3 is 4.87 Å². The van der Waals surface area contributed by atoms with Gasteiger partial charge in [-0.1, -0.05) is 35.6 Å². The van der Waals surface area contributed by atoms with Gasteiger partial charge in [-0.15, -0.1) is 0 Å². The molecule has 2 aliphatic carbocycles. The number of benzene rings is 1. The molecule has 1 fully saturated rings. The molecule has 126 valence electrons. The van der Waals surface area contributed by atoms with Crippen LogP contribution in [0.5, 0.6) is 0 Å². The third kappa shape index (κ3) is 2.61. The Labute approximate surface area is 145 Å². The Morgan fingerprint density at radius 1 is 1.42 bits per heavy atom. The number of aromatic nitrogens is 1. The summed E-state index contributed by atoms with van der Waals surface area (Å²) in [5.74, 6) is 0.466. The molecular formula is C19H22N2O2S. The van der Waals surface area contributed by atoms with Crippen molar-refractivity contribution in [2.24, 2.45) is 5.92 Å². The molecule has 1 amide bonds. The van der Waals surface area contributed by atoms with Crippen molar-refractivity contribution in [3.05, 3.63) is 56.1 Å². The van der Waals surface area contributed by atoms with Crippen molar-refractivity contribution in [3.8, 4) is 0 Å². The lowest BCUT2D eigenvalue weighted by Gasteiger charge is -2.26. The Kier molecular flexibility index (Phi) is 3.83. The van der Waals surface area contributed by atoms with E-state index in [4.69, 9.17) is 0 Å². The van der Waals surface area contributed by atoms with E-state index >= 15 is 0 Å². The molecule has 0 aliphatic heterocycles. The average molecular weight is 342 g/mol. The van der Waals surface area contributed by atoms with Crippen LogP contribution >= 0.6 is 11.3 Å². The number of hydrogen-bond acceptors (Lipinski definition) is 3. The van der Waals surface area contributed by atoms with Gasteiger partial charge in [0.2, 0.25) is 5.91 Å². The van der Waals surface area contributed by atoms with E-state index in [0.29, 0.717) is 12.5 Å². The summed E-state index contributed by atoms with van der Waals surface area (Å²) in [5, 5.41) is 4.84. The summed E-state index contributed by atoms with van der Waals surface area (Å²) in [6.07, 6.45) is 4.82. The van der Waals surface area contributed by atoms with Crippen molar-refractivity contribution in [3.63, 3.8) is 0 Å². The quantitative estimate of drug-likeness (QED) is 0.929. The van der Waals surface area contributed by atoms with Gasteiger partial charge < -0.3 is 5.32 Å². The minimum atomic E-state index is -0.0651. The number of hydrogen-bond donors (Lipinski definition) is 1. The van der Waals surface area contributed by atoms with Gasteiger partial charge in [0.25, 0.3) is 0 Å². The van der Waals surface area contributed by atoms with Crippen molar-refractivity contribution < 1.29 is 4.79 Å². The predicted molar refractivity (Wildman–Crippen MR) is 95.5 cm³/mol. The van der Waals surface area contributed by atoms with Gasteiger partial charge in [0.05, 0.1) is 0 Å². The smallest absolute Gasteiger partial charge is 0.307 e. The number of fused-ring (bicyclic) bond motifs is 2. The highest BCUT2D eigenvalue weighted by Gasteiger charge is 2.56. The van der Waals surface area contributed by atoms with Crippen LogP contribution in [0.25, 0.3) is 0 Å². The van der Waals surface area contributed by atoms with Crippen LogP contribution in [-0.4, -0.2) is 17.0 Å². The average Bonchev–Trinajstić information content (AvgIpc) is 3.19. The van der Waals surface area contributed by atoms with Crippen LogP contribution in [0.15, 0.2) is 34.4 Å². The molecule has 1 aromatic heterocycles. The standard InChI is InChI=1S/C19H22N2O2S/c1-13-12-24-18(23)21(13)11-17(22)20-10-15-9-19(15)8-4-6-14-5-2-3-7-16(14)19/h2-3,5,7,12,15H,4,6,8-11H2,1H3,(H,20,22)/t15-,19+/m0/s1. The van der Waals surface area contributed by atoms with E-state index in [2.05, 4.69) is 29.6 Å². The first-order valence-corrected chi connectivity index (χ1v) is 9.48. The fourth-order valence-corrected chi connectivity index (χ4v) is 5.00. The molecule has 2 atom stereocenters. The highest BCUT2D eigenvalue weighted by Crippen LogP contribution is 2.59. The van der Waals surface area contributed by atoms with E-state index in [1.54, 1.807) is 9.95 Å². The maximum atomic E-state index is 12.2. The van der Waals surface area contributed by atoms with E-state index in [9.17, 15) is 9.59 Å². The second-order valence-electron chi connectivity index (χ2n) is 7.10. The van der Waals surface area contributed by atoms with Gasteiger partial charge in [-0.3, -0.25) is 14.2 Å². The first kappa shape index (κ1) is 15.6. The molecule has 4 nitrogen and oxygen atoms in total. The Morgan fingerprint density at radius 3 is 3.04 bits per heavy atom. The number of thiazole rings is 1. The predicted octanol–water partition coefficient (Wildman–Crippen LogP) is 2.63. The van der Waals surface area contributed by atoms with E-state index in [-0.39, 0.29) is 22.7 Å². The van der Waals surface area contributed by atoms with Crippen molar-refractivity contribution in [1.82, 2.24) is 9.88 Å². The number of amides is 1. The first-order chi connectivity index (χ1) is 11.6. The van der Waals surface area contributed by atoms with Crippen LogP contribution in [0.1, 0.15) is 36.1 Å². The number of nitrogens with one attached hydrogen (secondary N) is 1. The molecule has 4 rings (SSSR count). The van der Waals surface area contributed by atoms with Crippen molar-refractivity contribution in [1.29, 1.82) is 0 Å². The fourth-order valence-electron chi connectivity index (χ4n) is 4.27. The minimum Gasteiger partial charge on any atom is -0.354 e. The van der Waals surface area contributed by atoms with Gasteiger partial charge in [-0.25, -0.2) is 0 Å².